The van der Waals surface area contributed by atoms with Crippen LogP contribution in [0.5, 0.6) is 0 Å². The Hall–Kier alpha value is -0.830. The third kappa shape index (κ3) is 3.35. The minimum Gasteiger partial charge on any atom is -0.330 e. The van der Waals surface area contributed by atoms with E-state index in [1.165, 1.54) is 31.4 Å². The topological polar surface area (TPSA) is 29.9 Å². The predicted molar refractivity (Wildman–Crippen MR) is 75.4 cm³/mol. The summed E-state index contributed by atoms with van der Waals surface area (Å²) >= 11 is 0. The van der Waals surface area contributed by atoms with Crippen LogP contribution >= 0.6 is 0 Å². The minimum absolute atomic E-state index is 0.664. The van der Waals surface area contributed by atoms with Crippen LogP contribution in [0.4, 0.5) is 0 Å². The number of aromatic nitrogens is 2. The molecule has 0 amide bonds. The van der Waals surface area contributed by atoms with Gasteiger partial charge in [-0.15, -0.1) is 0 Å². The molecule has 2 rings (SSSR count). The summed E-state index contributed by atoms with van der Waals surface area (Å²) < 4.78 is 2.41. The van der Waals surface area contributed by atoms with Crippen LogP contribution in [0.15, 0.2) is 12.5 Å². The Balaban J connectivity index is 1.98. The van der Waals surface area contributed by atoms with Gasteiger partial charge in [0.15, 0.2) is 0 Å². The molecule has 1 aliphatic rings. The Morgan fingerprint density at radius 1 is 1.39 bits per heavy atom. The monoisotopic (exact) mass is 249 g/mol. The van der Waals surface area contributed by atoms with Crippen molar-refractivity contribution in [1.82, 2.24) is 14.9 Å². The lowest BCUT2D eigenvalue weighted by molar-refractivity contribution is 0.252. The maximum atomic E-state index is 4.35. The molecule has 0 aliphatic heterocycles. The largest absolute Gasteiger partial charge is 0.330 e. The van der Waals surface area contributed by atoms with E-state index in [0.29, 0.717) is 12.0 Å². The first-order valence-corrected chi connectivity index (χ1v) is 7.40. The van der Waals surface area contributed by atoms with Crippen LogP contribution in [-0.2, 0) is 6.54 Å². The van der Waals surface area contributed by atoms with Crippen LogP contribution in [0.3, 0.4) is 0 Å². The molecule has 1 aromatic rings. The number of nitrogens with one attached hydrogen (secondary N) is 1. The number of nitrogens with zero attached hydrogens (tertiary/aromatic N) is 2. The zero-order valence-corrected chi connectivity index (χ0v) is 12.0. The van der Waals surface area contributed by atoms with Crippen LogP contribution in [0.2, 0.25) is 0 Å². The van der Waals surface area contributed by atoms with Gasteiger partial charge >= 0.3 is 0 Å². The maximum Gasteiger partial charge on any atom is 0.0951 e. The molecule has 0 aromatic carbocycles. The molecule has 18 heavy (non-hydrogen) atoms. The molecule has 0 bridgehead atoms. The maximum absolute atomic E-state index is 4.35. The van der Waals surface area contributed by atoms with Crippen molar-refractivity contribution in [1.29, 1.82) is 0 Å². The molecular weight excluding hydrogens is 222 g/mol. The summed E-state index contributed by atoms with van der Waals surface area (Å²) in [4.78, 5) is 4.35. The summed E-state index contributed by atoms with van der Waals surface area (Å²) in [6.07, 6.45) is 9.49. The van der Waals surface area contributed by atoms with E-state index < -0.39 is 0 Å². The molecule has 1 aromatic heterocycles. The molecule has 3 nitrogen and oxygen atoms in total. The summed E-state index contributed by atoms with van der Waals surface area (Å²) in [6, 6.07) is 0.664. The molecule has 0 saturated heterocycles. The van der Waals surface area contributed by atoms with Crippen LogP contribution in [0, 0.1) is 11.8 Å². The van der Waals surface area contributed by atoms with Gasteiger partial charge in [0.25, 0.3) is 0 Å². The van der Waals surface area contributed by atoms with E-state index in [4.69, 9.17) is 0 Å². The molecule has 1 aliphatic carbocycles. The van der Waals surface area contributed by atoms with Crippen molar-refractivity contribution in [2.45, 2.75) is 59.0 Å². The standard InChI is InChI=1S/C15H27N3/c1-12(2)8-16-9-14-10-17-11-18(14)15-7-5-4-6-13(15)3/h10-13,15-16H,4-9H2,1-3H3. The number of hydrogen-bond acceptors (Lipinski definition) is 2. The third-order valence-corrected chi connectivity index (χ3v) is 4.03. The second-order valence-electron chi connectivity index (χ2n) is 6.15. The Kier molecular flexibility index (Phi) is 4.81. The smallest absolute Gasteiger partial charge is 0.0951 e. The van der Waals surface area contributed by atoms with Gasteiger partial charge in [0, 0.05) is 18.8 Å². The zero-order valence-electron chi connectivity index (χ0n) is 12.0. The summed E-state index contributed by atoms with van der Waals surface area (Å²) in [5, 5.41) is 3.52. The van der Waals surface area contributed by atoms with Gasteiger partial charge in [-0.25, -0.2) is 4.98 Å². The molecule has 102 valence electrons. The van der Waals surface area contributed by atoms with Crippen molar-refractivity contribution >= 4 is 0 Å². The van der Waals surface area contributed by atoms with Crippen molar-refractivity contribution in [3.63, 3.8) is 0 Å². The second-order valence-corrected chi connectivity index (χ2v) is 6.15. The summed E-state index contributed by atoms with van der Waals surface area (Å²) in [7, 11) is 0. The van der Waals surface area contributed by atoms with Gasteiger partial charge in [0.2, 0.25) is 0 Å². The van der Waals surface area contributed by atoms with Gasteiger partial charge in [-0.3, -0.25) is 0 Å². The predicted octanol–water partition coefficient (Wildman–Crippen LogP) is 3.38. The first-order valence-electron chi connectivity index (χ1n) is 7.40. The zero-order chi connectivity index (χ0) is 13.0. The fraction of sp³-hybridized carbons (Fsp3) is 0.800. The van der Waals surface area contributed by atoms with Crippen molar-refractivity contribution in [3.8, 4) is 0 Å². The van der Waals surface area contributed by atoms with Gasteiger partial charge in [-0.2, -0.15) is 0 Å². The van der Waals surface area contributed by atoms with E-state index in [9.17, 15) is 0 Å². The highest BCUT2D eigenvalue weighted by Gasteiger charge is 2.23. The Labute approximate surface area is 111 Å². The van der Waals surface area contributed by atoms with E-state index in [1.54, 1.807) is 0 Å². The lowest BCUT2D eigenvalue weighted by atomic mass is 9.85. The van der Waals surface area contributed by atoms with E-state index >= 15 is 0 Å². The number of imidazole rings is 1. The van der Waals surface area contributed by atoms with Crippen molar-refractivity contribution in [2.75, 3.05) is 6.54 Å². The highest BCUT2D eigenvalue weighted by atomic mass is 15.1. The first kappa shape index (κ1) is 13.6. The van der Waals surface area contributed by atoms with E-state index in [-0.39, 0.29) is 0 Å². The average molecular weight is 249 g/mol. The van der Waals surface area contributed by atoms with Crippen molar-refractivity contribution < 1.29 is 0 Å². The van der Waals surface area contributed by atoms with Gasteiger partial charge in [0.1, 0.15) is 0 Å². The molecule has 1 heterocycles. The average Bonchev–Trinajstić information content (AvgIpc) is 2.77. The van der Waals surface area contributed by atoms with Crippen LogP contribution in [0.25, 0.3) is 0 Å². The first-order chi connectivity index (χ1) is 8.68. The summed E-state index contributed by atoms with van der Waals surface area (Å²) in [5.74, 6) is 1.49. The van der Waals surface area contributed by atoms with Crippen molar-refractivity contribution in [2.24, 2.45) is 11.8 Å². The molecule has 1 N–H and O–H groups in total. The molecule has 3 heteroatoms. The van der Waals surface area contributed by atoms with Gasteiger partial charge in [0.05, 0.1) is 12.0 Å². The van der Waals surface area contributed by atoms with E-state index in [0.717, 1.165) is 19.0 Å². The molecule has 1 fully saturated rings. The summed E-state index contributed by atoms with van der Waals surface area (Å²) in [5.41, 5.74) is 1.34. The minimum atomic E-state index is 0.664. The third-order valence-electron chi connectivity index (χ3n) is 4.03. The quantitative estimate of drug-likeness (QED) is 0.867. The Morgan fingerprint density at radius 3 is 2.89 bits per heavy atom. The van der Waals surface area contributed by atoms with Gasteiger partial charge in [-0.05, 0) is 31.2 Å². The lowest BCUT2D eigenvalue weighted by Gasteiger charge is -2.31. The molecular formula is C15H27N3. The fourth-order valence-electron chi connectivity index (χ4n) is 2.97. The molecule has 2 unspecified atom stereocenters. The number of rotatable bonds is 5. The fourth-order valence-corrected chi connectivity index (χ4v) is 2.97. The molecule has 0 radical (unpaired) electrons. The van der Waals surface area contributed by atoms with E-state index in [2.05, 4.69) is 35.6 Å². The normalized spacial score (nSPS) is 24.7. The summed E-state index contributed by atoms with van der Waals surface area (Å²) in [6.45, 7) is 8.89. The Morgan fingerprint density at radius 2 is 2.17 bits per heavy atom. The van der Waals surface area contributed by atoms with Crippen LogP contribution in [-0.4, -0.2) is 16.1 Å². The van der Waals surface area contributed by atoms with Crippen molar-refractivity contribution in [3.05, 3.63) is 18.2 Å². The number of hydrogen-bond donors (Lipinski definition) is 1. The molecule has 0 spiro atoms. The van der Waals surface area contributed by atoms with Gasteiger partial charge in [-0.1, -0.05) is 33.6 Å². The van der Waals surface area contributed by atoms with Crippen LogP contribution in [0.1, 0.15) is 58.2 Å². The van der Waals surface area contributed by atoms with Crippen LogP contribution < -0.4 is 5.32 Å². The SMILES string of the molecule is CC(C)CNCc1cncn1C1CCCCC1C. The molecule has 2 atom stereocenters. The van der Waals surface area contributed by atoms with E-state index in [1.807, 2.05) is 12.5 Å². The highest BCUT2D eigenvalue weighted by Crippen LogP contribution is 2.34. The highest BCUT2D eigenvalue weighted by molar-refractivity contribution is 5.01. The second kappa shape index (κ2) is 6.37. The van der Waals surface area contributed by atoms with Gasteiger partial charge < -0.3 is 9.88 Å². The molecule has 1 saturated carbocycles. The lowest BCUT2D eigenvalue weighted by Crippen LogP contribution is -2.25. The Bertz CT molecular complexity index is 356.